The van der Waals surface area contributed by atoms with Crippen LogP contribution in [0.25, 0.3) is 0 Å². The van der Waals surface area contributed by atoms with Crippen LogP contribution in [0.15, 0.2) is 18.2 Å². The van der Waals surface area contributed by atoms with E-state index in [1.165, 1.54) is 6.07 Å². The topological polar surface area (TPSA) is 38.0 Å². The van der Waals surface area contributed by atoms with E-state index in [0.717, 1.165) is 5.56 Å². The largest absolute Gasteiger partial charge is 0.271 e. The van der Waals surface area contributed by atoms with Gasteiger partial charge >= 0.3 is 0 Å². The number of nitrogens with two attached hydrogens (primary N) is 1. The highest BCUT2D eigenvalue weighted by atomic mass is 19.1. The van der Waals surface area contributed by atoms with Crippen molar-refractivity contribution < 1.29 is 4.39 Å². The van der Waals surface area contributed by atoms with E-state index in [1.54, 1.807) is 13.0 Å². The Morgan fingerprint density at radius 1 is 1.50 bits per heavy atom. The number of hydrogen-bond donors (Lipinski definition) is 2. The van der Waals surface area contributed by atoms with Gasteiger partial charge in [0.2, 0.25) is 0 Å². The van der Waals surface area contributed by atoms with Crippen molar-refractivity contribution in [1.82, 2.24) is 5.43 Å². The summed E-state index contributed by atoms with van der Waals surface area (Å²) in [7, 11) is 0. The number of aryl methyl sites for hydroxylation is 1. The van der Waals surface area contributed by atoms with Gasteiger partial charge in [0, 0.05) is 18.0 Å². The van der Waals surface area contributed by atoms with Gasteiger partial charge in [-0.25, -0.2) is 4.39 Å². The van der Waals surface area contributed by atoms with Gasteiger partial charge in [-0.15, -0.1) is 11.8 Å². The molecule has 0 bridgehead atoms. The molecule has 0 aliphatic rings. The van der Waals surface area contributed by atoms with Gasteiger partial charge in [-0.1, -0.05) is 12.1 Å². The summed E-state index contributed by atoms with van der Waals surface area (Å²) >= 11 is 0. The lowest BCUT2D eigenvalue weighted by molar-refractivity contribution is 0.490. The number of hydrogen-bond acceptors (Lipinski definition) is 2. The molecule has 0 saturated heterocycles. The molecule has 1 atom stereocenters. The van der Waals surface area contributed by atoms with E-state index in [9.17, 15) is 4.39 Å². The minimum Gasteiger partial charge on any atom is -0.271 e. The predicted octanol–water partition coefficient (Wildman–Crippen LogP) is 2.44. The second kappa shape index (κ2) is 6.26. The minimum absolute atomic E-state index is 0.179. The molecule has 0 heterocycles. The molecule has 1 aromatic carbocycles. The maximum Gasteiger partial charge on any atom is 0.128 e. The normalized spacial score (nSPS) is 11.8. The monoisotopic (exact) mass is 220 g/mol. The van der Waals surface area contributed by atoms with Gasteiger partial charge in [0.25, 0.3) is 0 Å². The highest BCUT2D eigenvalue weighted by Gasteiger charge is 2.13. The van der Waals surface area contributed by atoms with Crippen LogP contribution in [-0.2, 0) is 0 Å². The number of hydrazine groups is 1. The quantitative estimate of drug-likeness (QED) is 0.464. The summed E-state index contributed by atoms with van der Waals surface area (Å²) in [5, 5.41) is 0. The van der Waals surface area contributed by atoms with Crippen LogP contribution in [0.5, 0.6) is 0 Å². The fourth-order valence-electron chi connectivity index (χ4n) is 1.58. The van der Waals surface area contributed by atoms with Crippen LogP contribution >= 0.6 is 0 Å². The van der Waals surface area contributed by atoms with Crippen LogP contribution < -0.4 is 11.3 Å². The van der Waals surface area contributed by atoms with E-state index in [4.69, 9.17) is 5.84 Å². The molecule has 1 rings (SSSR count). The van der Waals surface area contributed by atoms with Crippen LogP contribution in [0.2, 0.25) is 0 Å². The van der Waals surface area contributed by atoms with Crippen molar-refractivity contribution in [2.75, 3.05) is 0 Å². The van der Waals surface area contributed by atoms with Crippen LogP contribution in [0, 0.1) is 24.6 Å². The molecular weight excluding hydrogens is 203 g/mol. The highest BCUT2D eigenvalue weighted by molar-refractivity contribution is 5.26. The Bertz CT molecular complexity index is 404. The zero-order valence-corrected chi connectivity index (χ0v) is 9.68. The molecule has 0 saturated carbocycles. The average Bonchev–Trinajstić information content (AvgIpc) is 2.26. The van der Waals surface area contributed by atoms with Gasteiger partial charge in [-0.3, -0.25) is 11.3 Å². The number of halogens is 1. The molecule has 3 heteroatoms. The van der Waals surface area contributed by atoms with Crippen molar-refractivity contribution in [2.45, 2.75) is 32.7 Å². The second-order valence-corrected chi connectivity index (χ2v) is 3.71. The lowest BCUT2D eigenvalue weighted by Gasteiger charge is -2.16. The third-order valence-corrected chi connectivity index (χ3v) is 2.47. The van der Waals surface area contributed by atoms with Crippen molar-refractivity contribution in [3.8, 4) is 11.8 Å². The highest BCUT2D eigenvalue weighted by Crippen LogP contribution is 2.21. The Hall–Kier alpha value is -1.37. The zero-order valence-electron chi connectivity index (χ0n) is 9.68. The molecule has 0 amide bonds. The van der Waals surface area contributed by atoms with Gasteiger partial charge < -0.3 is 0 Å². The van der Waals surface area contributed by atoms with Gasteiger partial charge in [0.05, 0.1) is 0 Å². The summed E-state index contributed by atoms with van der Waals surface area (Å²) in [5.41, 5.74) is 4.14. The lowest BCUT2D eigenvalue weighted by Crippen LogP contribution is -2.28. The first-order chi connectivity index (χ1) is 7.69. The summed E-state index contributed by atoms with van der Waals surface area (Å²) in [6.45, 7) is 3.65. The molecule has 1 aromatic rings. The Balaban J connectivity index is 2.80. The molecule has 3 N–H and O–H groups in total. The van der Waals surface area contributed by atoms with Crippen LogP contribution in [0.3, 0.4) is 0 Å². The van der Waals surface area contributed by atoms with Crippen LogP contribution in [-0.4, -0.2) is 0 Å². The Morgan fingerprint density at radius 2 is 2.25 bits per heavy atom. The average molecular weight is 220 g/mol. The third kappa shape index (κ3) is 3.34. The molecule has 0 aliphatic carbocycles. The first kappa shape index (κ1) is 12.7. The molecule has 0 fully saturated rings. The van der Waals surface area contributed by atoms with Crippen molar-refractivity contribution in [2.24, 2.45) is 5.84 Å². The molecule has 0 aliphatic heterocycles. The number of rotatable bonds is 4. The van der Waals surface area contributed by atoms with Gasteiger partial charge in [0.15, 0.2) is 0 Å². The van der Waals surface area contributed by atoms with E-state index in [1.807, 2.05) is 13.0 Å². The Labute approximate surface area is 96.0 Å². The van der Waals surface area contributed by atoms with Crippen molar-refractivity contribution in [3.63, 3.8) is 0 Å². The first-order valence-electron chi connectivity index (χ1n) is 5.30. The number of benzene rings is 1. The summed E-state index contributed by atoms with van der Waals surface area (Å²) < 4.78 is 13.7. The van der Waals surface area contributed by atoms with E-state index in [-0.39, 0.29) is 11.9 Å². The van der Waals surface area contributed by atoms with E-state index in [0.29, 0.717) is 18.4 Å². The van der Waals surface area contributed by atoms with E-state index < -0.39 is 0 Å². The summed E-state index contributed by atoms with van der Waals surface area (Å²) in [6.07, 6.45) is 1.41. The van der Waals surface area contributed by atoms with Gasteiger partial charge in [-0.05, 0) is 31.9 Å². The van der Waals surface area contributed by atoms with Crippen molar-refractivity contribution in [3.05, 3.63) is 35.1 Å². The van der Waals surface area contributed by atoms with Crippen LogP contribution in [0.1, 0.15) is 36.9 Å². The molecule has 0 radical (unpaired) electrons. The van der Waals surface area contributed by atoms with Crippen molar-refractivity contribution >= 4 is 0 Å². The first-order valence-corrected chi connectivity index (χ1v) is 5.30. The molecule has 86 valence electrons. The predicted molar refractivity (Wildman–Crippen MR) is 63.9 cm³/mol. The fraction of sp³-hybridized carbons (Fsp3) is 0.385. The summed E-state index contributed by atoms with van der Waals surface area (Å²) in [6, 6.07) is 5.00. The third-order valence-electron chi connectivity index (χ3n) is 2.47. The summed E-state index contributed by atoms with van der Waals surface area (Å²) in [5.74, 6) is 11.0. The molecule has 16 heavy (non-hydrogen) atoms. The van der Waals surface area contributed by atoms with Gasteiger partial charge in [0.1, 0.15) is 5.82 Å². The zero-order chi connectivity index (χ0) is 12.0. The van der Waals surface area contributed by atoms with E-state index >= 15 is 0 Å². The standard InChI is InChI=1S/C13H17FN2/c1-3-4-5-6-13(16-15)11-8-7-10(2)9-12(11)14/h7-9,13,16H,5-6,15H2,1-2H3. The lowest BCUT2D eigenvalue weighted by atomic mass is 10.0. The molecule has 1 unspecified atom stereocenters. The molecule has 0 aromatic heterocycles. The summed E-state index contributed by atoms with van der Waals surface area (Å²) in [4.78, 5) is 0. The fourth-order valence-corrected chi connectivity index (χ4v) is 1.58. The van der Waals surface area contributed by atoms with Crippen molar-refractivity contribution in [1.29, 1.82) is 0 Å². The van der Waals surface area contributed by atoms with Crippen LogP contribution in [0.4, 0.5) is 4.39 Å². The van der Waals surface area contributed by atoms with Gasteiger partial charge in [-0.2, -0.15) is 0 Å². The second-order valence-electron chi connectivity index (χ2n) is 3.71. The molecule has 0 spiro atoms. The SMILES string of the molecule is CC#CCCC(NN)c1ccc(C)cc1F. The smallest absolute Gasteiger partial charge is 0.128 e. The number of nitrogens with one attached hydrogen (secondary N) is 1. The maximum absolute atomic E-state index is 13.7. The Kier molecular flexibility index (Phi) is 4.97. The Morgan fingerprint density at radius 3 is 2.81 bits per heavy atom. The molecule has 2 nitrogen and oxygen atoms in total. The van der Waals surface area contributed by atoms with E-state index in [2.05, 4.69) is 17.3 Å². The molecular formula is C13H17FN2. The maximum atomic E-state index is 13.7. The minimum atomic E-state index is -0.215.